The van der Waals surface area contributed by atoms with Gasteiger partial charge in [-0.1, -0.05) is 24.3 Å². The van der Waals surface area contributed by atoms with Gasteiger partial charge in [-0.3, -0.25) is 0 Å². The van der Waals surface area contributed by atoms with Crippen LogP contribution in [0.15, 0.2) is 42.5 Å². The highest BCUT2D eigenvalue weighted by Gasteiger charge is 2.11. The van der Waals surface area contributed by atoms with E-state index in [9.17, 15) is 0 Å². The molecule has 1 aromatic heterocycles. The predicted octanol–water partition coefficient (Wildman–Crippen LogP) is 0.972. The fourth-order valence-electron chi connectivity index (χ4n) is 2.48. The molecular formula is C17H19BN4O3. The molecule has 0 fully saturated rings. The molecule has 2 aromatic carbocycles. The maximum Gasteiger partial charge on any atom is 0.488 e. The van der Waals surface area contributed by atoms with E-state index in [4.69, 9.17) is 14.8 Å². The van der Waals surface area contributed by atoms with Gasteiger partial charge in [0.2, 0.25) is 5.95 Å². The van der Waals surface area contributed by atoms with Crippen LogP contribution in [0.1, 0.15) is 5.56 Å². The van der Waals surface area contributed by atoms with Crippen LogP contribution in [0.25, 0.3) is 10.9 Å². The van der Waals surface area contributed by atoms with Crippen LogP contribution in [0.5, 0.6) is 5.75 Å². The van der Waals surface area contributed by atoms with E-state index in [0.717, 1.165) is 22.2 Å². The van der Waals surface area contributed by atoms with Gasteiger partial charge in [0.05, 0.1) is 12.6 Å². The van der Waals surface area contributed by atoms with Crippen LogP contribution in [0.3, 0.4) is 0 Å². The average Bonchev–Trinajstić information content (AvgIpc) is 2.65. The zero-order chi connectivity index (χ0) is 17.8. The summed E-state index contributed by atoms with van der Waals surface area (Å²) in [5.74, 6) is 1.96. The average molecular weight is 338 g/mol. The molecule has 0 bridgehead atoms. The molecule has 8 heteroatoms. The van der Waals surface area contributed by atoms with Gasteiger partial charge in [-0.05, 0) is 23.2 Å². The van der Waals surface area contributed by atoms with E-state index in [0.29, 0.717) is 23.8 Å². The molecule has 128 valence electrons. The predicted molar refractivity (Wildman–Crippen MR) is 99.2 cm³/mol. The monoisotopic (exact) mass is 338 g/mol. The maximum atomic E-state index is 9.15. The number of nitrogens with one attached hydrogen (secondary N) is 2. The first kappa shape index (κ1) is 17.0. The van der Waals surface area contributed by atoms with Crippen molar-refractivity contribution in [1.29, 1.82) is 0 Å². The second-order valence-corrected chi connectivity index (χ2v) is 5.50. The zero-order valence-corrected chi connectivity index (χ0v) is 14.0. The van der Waals surface area contributed by atoms with Gasteiger partial charge >= 0.3 is 7.12 Å². The van der Waals surface area contributed by atoms with Gasteiger partial charge in [0, 0.05) is 25.0 Å². The molecule has 0 aliphatic rings. The summed E-state index contributed by atoms with van der Waals surface area (Å²) < 4.78 is 5.25. The fourth-order valence-corrected chi connectivity index (χ4v) is 2.48. The highest BCUT2D eigenvalue weighted by molar-refractivity contribution is 6.58. The lowest BCUT2D eigenvalue weighted by atomic mass is 9.80. The van der Waals surface area contributed by atoms with E-state index in [-0.39, 0.29) is 0 Å². The van der Waals surface area contributed by atoms with Crippen LogP contribution in [0, 0.1) is 0 Å². The first-order chi connectivity index (χ1) is 12.1. The fraction of sp³-hybridized carbons (Fsp3) is 0.176. The van der Waals surface area contributed by atoms with Gasteiger partial charge in [0.15, 0.2) is 0 Å². The SMILES string of the molecule is CNc1nc(NCc2ccc(B(O)O)cc2)c2ccc(OC)cc2n1. The highest BCUT2D eigenvalue weighted by atomic mass is 16.5. The zero-order valence-electron chi connectivity index (χ0n) is 14.0. The Kier molecular flexibility index (Phi) is 5.01. The summed E-state index contributed by atoms with van der Waals surface area (Å²) in [6.07, 6.45) is 0. The molecule has 4 N–H and O–H groups in total. The Bertz CT molecular complexity index is 866. The van der Waals surface area contributed by atoms with E-state index in [2.05, 4.69) is 20.6 Å². The molecule has 3 rings (SSSR count). The third-order valence-corrected chi connectivity index (χ3v) is 3.87. The lowest BCUT2D eigenvalue weighted by Crippen LogP contribution is -2.29. The second-order valence-electron chi connectivity index (χ2n) is 5.50. The molecular weight excluding hydrogens is 319 g/mol. The van der Waals surface area contributed by atoms with Crippen LogP contribution in [-0.4, -0.2) is 41.3 Å². The Morgan fingerprint density at radius 3 is 2.48 bits per heavy atom. The standard InChI is InChI=1S/C17H19BN4O3/c1-19-17-21-15-9-13(25-2)7-8-14(15)16(22-17)20-10-11-3-5-12(6-4-11)18(23)24/h3-9,23-24H,10H2,1-2H3,(H2,19,20,21,22). The molecule has 0 saturated carbocycles. The summed E-state index contributed by atoms with van der Waals surface area (Å²) in [5.41, 5.74) is 2.23. The lowest BCUT2D eigenvalue weighted by Gasteiger charge is -2.12. The van der Waals surface area contributed by atoms with Gasteiger partial charge < -0.3 is 25.4 Å². The highest BCUT2D eigenvalue weighted by Crippen LogP contribution is 2.26. The minimum absolute atomic E-state index is 0.459. The van der Waals surface area contributed by atoms with E-state index in [1.165, 1.54) is 0 Å². The lowest BCUT2D eigenvalue weighted by molar-refractivity contribution is 0.415. The van der Waals surface area contributed by atoms with Crippen molar-refractivity contribution in [2.24, 2.45) is 0 Å². The quantitative estimate of drug-likeness (QED) is 0.497. The molecule has 0 atom stereocenters. The van der Waals surface area contributed by atoms with Crippen molar-refractivity contribution >= 4 is 35.3 Å². The van der Waals surface area contributed by atoms with Gasteiger partial charge in [-0.15, -0.1) is 0 Å². The normalized spacial score (nSPS) is 10.6. The van der Waals surface area contributed by atoms with E-state index < -0.39 is 7.12 Å². The minimum atomic E-state index is -1.46. The molecule has 0 aliphatic carbocycles. The molecule has 0 saturated heterocycles. The van der Waals surface area contributed by atoms with Crippen molar-refractivity contribution in [3.8, 4) is 5.75 Å². The van der Waals surface area contributed by atoms with Crippen LogP contribution < -0.4 is 20.8 Å². The second kappa shape index (κ2) is 7.37. The molecule has 0 aliphatic heterocycles. The number of nitrogens with zero attached hydrogens (tertiary/aromatic N) is 2. The van der Waals surface area contributed by atoms with Gasteiger partial charge in [-0.2, -0.15) is 4.98 Å². The summed E-state index contributed by atoms with van der Waals surface area (Å²) in [7, 11) is 1.93. The Labute approximate surface area is 145 Å². The molecule has 0 amide bonds. The smallest absolute Gasteiger partial charge is 0.488 e. The van der Waals surface area contributed by atoms with Crippen molar-refractivity contribution in [1.82, 2.24) is 9.97 Å². The molecule has 3 aromatic rings. The van der Waals surface area contributed by atoms with Crippen molar-refractivity contribution in [3.05, 3.63) is 48.0 Å². The third kappa shape index (κ3) is 3.81. The van der Waals surface area contributed by atoms with E-state index >= 15 is 0 Å². The molecule has 25 heavy (non-hydrogen) atoms. The van der Waals surface area contributed by atoms with Gasteiger partial charge in [0.25, 0.3) is 0 Å². The third-order valence-electron chi connectivity index (χ3n) is 3.87. The summed E-state index contributed by atoms with van der Waals surface area (Å²) in [6, 6.07) is 12.7. The summed E-state index contributed by atoms with van der Waals surface area (Å²) in [4.78, 5) is 8.93. The topological polar surface area (TPSA) is 99.5 Å². The molecule has 0 unspecified atom stereocenters. The summed E-state index contributed by atoms with van der Waals surface area (Å²) >= 11 is 0. The Morgan fingerprint density at radius 2 is 1.84 bits per heavy atom. The van der Waals surface area contributed by atoms with Crippen LogP contribution in [0.4, 0.5) is 11.8 Å². The largest absolute Gasteiger partial charge is 0.497 e. The summed E-state index contributed by atoms with van der Waals surface area (Å²) in [5, 5.41) is 25.4. The molecule has 7 nitrogen and oxygen atoms in total. The van der Waals surface area contributed by atoms with Crippen LogP contribution in [-0.2, 0) is 6.54 Å². The Hall–Kier alpha value is -2.84. The van der Waals surface area contributed by atoms with Gasteiger partial charge in [0.1, 0.15) is 11.6 Å². The summed E-state index contributed by atoms with van der Waals surface area (Å²) in [6.45, 7) is 0.545. The number of anilines is 2. The number of ether oxygens (including phenoxy) is 1. The minimum Gasteiger partial charge on any atom is -0.497 e. The maximum absolute atomic E-state index is 9.15. The molecule has 1 heterocycles. The number of hydrogen-bond acceptors (Lipinski definition) is 7. The number of benzene rings is 2. The number of aromatic nitrogens is 2. The van der Waals surface area contributed by atoms with Gasteiger partial charge in [-0.25, -0.2) is 4.98 Å². The first-order valence-corrected chi connectivity index (χ1v) is 7.83. The number of fused-ring (bicyclic) bond motifs is 1. The number of methoxy groups -OCH3 is 1. The first-order valence-electron chi connectivity index (χ1n) is 7.83. The Morgan fingerprint density at radius 1 is 1.08 bits per heavy atom. The van der Waals surface area contributed by atoms with Crippen molar-refractivity contribution in [3.63, 3.8) is 0 Å². The van der Waals surface area contributed by atoms with E-state index in [1.54, 1.807) is 26.3 Å². The van der Waals surface area contributed by atoms with E-state index in [1.807, 2.05) is 30.3 Å². The number of rotatable bonds is 6. The Balaban J connectivity index is 1.87. The van der Waals surface area contributed by atoms with Crippen LogP contribution >= 0.6 is 0 Å². The van der Waals surface area contributed by atoms with Crippen molar-refractivity contribution in [2.75, 3.05) is 24.8 Å². The molecule has 0 radical (unpaired) electrons. The van der Waals surface area contributed by atoms with Crippen molar-refractivity contribution < 1.29 is 14.8 Å². The molecule has 0 spiro atoms. The van der Waals surface area contributed by atoms with Crippen molar-refractivity contribution in [2.45, 2.75) is 6.54 Å². The van der Waals surface area contributed by atoms with Crippen LogP contribution in [0.2, 0.25) is 0 Å². The number of hydrogen-bond donors (Lipinski definition) is 4.